The third-order valence-electron chi connectivity index (χ3n) is 5.81. The first-order chi connectivity index (χ1) is 11.7. The van der Waals surface area contributed by atoms with E-state index >= 15 is 0 Å². The van der Waals surface area contributed by atoms with Crippen molar-refractivity contribution in [1.29, 1.82) is 0 Å². The SMILES string of the molecule is C=C[C@H]1CN2C(OC)C[C@H]1C[C@H]2C(O)c1ccnc2ccccc12. The lowest BCUT2D eigenvalue weighted by Crippen LogP contribution is -2.60. The van der Waals surface area contributed by atoms with Gasteiger partial charge in [-0.15, -0.1) is 6.58 Å². The van der Waals surface area contributed by atoms with E-state index < -0.39 is 6.10 Å². The second-order valence-corrected chi connectivity index (χ2v) is 6.95. The van der Waals surface area contributed by atoms with E-state index in [2.05, 4.69) is 22.5 Å². The molecular formula is C20H24N2O2. The van der Waals surface area contributed by atoms with Crippen molar-refractivity contribution >= 4 is 10.9 Å². The summed E-state index contributed by atoms with van der Waals surface area (Å²) >= 11 is 0. The largest absolute Gasteiger partial charge is 0.387 e. The zero-order valence-corrected chi connectivity index (χ0v) is 14.0. The Kier molecular flexibility index (Phi) is 4.12. The number of aliphatic hydroxyl groups is 1. The smallest absolute Gasteiger partial charge is 0.110 e. The molecule has 5 rings (SSSR count). The summed E-state index contributed by atoms with van der Waals surface area (Å²) in [5.74, 6) is 1.03. The Morgan fingerprint density at radius 2 is 2.17 bits per heavy atom. The Balaban J connectivity index is 1.69. The molecule has 0 aliphatic carbocycles. The number of nitrogens with zero attached hydrogens (tertiary/aromatic N) is 2. The van der Waals surface area contributed by atoms with Crippen molar-refractivity contribution in [2.24, 2.45) is 11.8 Å². The summed E-state index contributed by atoms with van der Waals surface area (Å²) in [5.41, 5.74) is 1.89. The molecule has 126 valence electrons. The van der Waals surface area contributed by atoms with E-state index in [1.165, 1.54) is 0 Å². The van der Waals surface area contributed by atoms with Crippen molar-refractivity contribution in [3.8, 4) is 0 Å². The molecule has 0 amide bonds. The average molecular weight is 324 g/mol. The lowest BCUT2D eigenvalue weighted by Gasteiger charge is -2.54. The zero-order valence-electron chi connectivity index (χ0n) is 14.0. The van der Waals surface area contributed by atoms with Crippen LogP contribution in [-0.4, -0.2) is 40.9 Å². The molecule has 6 atom stereocenters. The number of fused-ring (bicyclic) bond motifs is 4. The Bertz CT molecular complexity index is 742. The summed E-state index contributed by atoms with van der Waals surface area (Å²) in [4.78, 5) is 6.74. The zero-order chi connectivity index (χ0) is 16.7. The van der Waals surface area contributed by atoms with Crippen molar-refractivity contribution in [1.82, 2.24) is 9.88 Å². The minimum absolute atomic E-state index is 0.0794. The number of hydrogen-bond donors (Lipinski definition) is 1. The first-order valence-corrected chi connectivity index (χ1v) is 8.65. The number of methoxy groups -OCH3 is 1. The van der Waals surface area contributed by atoms with Gasteiger partial charge in [0.25, 0.3) is 0 Å². The monoisotopic (exact) mass is 324 g/mol. The maximum atomic E-state index is 11.2. The van der Waals surface area contributed by atoms with Crippen molar-refractivity contribution in [3.05, 3.63) is 54.7 Å². The van der Waals surface area contributed by atoms with E-state index in [1.807, 2.05) is 30.3 Å². The van der Waals surface area contributed by atoms with Crippen LogP contribution < -0.4 is 0 Å². The highest BCUT2D eigenvalue weighted by Gasteiger charge is 2.47. The van der Waals surface area contributed by atoms with Gasteiger partial charge in [-0.25, -0.2) is 0 Å². The van der Waals surface area contributed by atoms with Gasteiger partial charge in [0, 0.05) is 31.3 Å². The fourth-order valence-electron chi connectivity index (χ4n) is 4.54. The normalized spacial score (nSPS) is 33.5. The van der Waals surface area contributed by atoms with Gasteiger partial charge >= 0.3 is 0 Å². The maximum Gasteiger partial charge on any atom is 0.110 e. The summed E-state index contributed by atoms with van der Waals surface area (Å²) in [6.07, 6.45) is 5.41. The van der Waals surface area contributed by atoms with Crippen LogP contribution in [-0.2, 0) is 4.74 Å². The van der Waals surface area contributed by atoms with Gasteiger partial charge in [0.05, 0.1) is 11.6 Å². The molecule has 1 N–H and O–H groups in total. The molecule has 3 unspecified atom stereocenters. The van der Waals surface area contributed by atoms with Gasteiger partial charge in [-0.05, 0) is 42.4 Å². The molecular weight excluding hydrogens is 300 g/mol. The number of aliphatic hydroxyl groups excluding tert-OH is 1. The van der Waals surface area contributed by atoms with Crippen molar-refractivity contribution in [3.63, 3.8) is 0 Å². The summed E-state index contributed by atoms with van der Waals surface area (Å²) in [5, 5.41) is 12.2. The van der Waals surface area contributed by atoms with Gasteiger partial charge in [-0.1, -0.05) is 24.3 Å². The minimum atomic E-state index is -0.538. The Labute approximate surface area is 142 Å². The van der Waals surface area contributed by atoms with Crippen LogP contribution in [0.3, 0.4) is 0 Å². The van der Waals surface area contributed by atoms with Gasteiger partial charge in [0.1, 0.15) is 6.23 Å². The Morgan fingerprint density at radius 3 is 2.92 bits per heavy atom. The molecule has 4 nitrogen and oxygen atoms in total. The number of piperidine rings is 3. The van der Waals surface area contributed by atoms with Crippen LogP contribution in [0.4, 0.5) is 0 Å². The summed E-state index contributed by atoms with van der Waals surface area (Å²) in [7, 11) is 1.76. The third kappa shape index (κ3) is 2.46. The molecule has 0 spiro atoms. The minimum Gasteiger partial charge on any atom is -0.387 e. The van der Waals surface area contributed by atoms with Crippen LogP contribution in [0, 0.1) is 11.8 Å². The van der Waals surface area contributed by atoms with Gasteiger partial charge in [0.15, 0.2) is 0 Å². The van der Waals surface area contributed by atoms with E-state index in [0.717, 1.165) is 35.9 Å². The van der Waals surface area contributed by atoms with E-state index in [9.17, 15) is 5.11 Å². The molecule has 2 bridgehead atoms. The first-order valence-electron chi connectivity index (χ1n) is 8.65. The molecule has 0 saturated carbocycles. The lowest BCUT2D eigenvalue weighted by molar-refractivity contribution is -0.165. The summed E-state index contributed by atoms with van der Waals surface area (Å²) in [6.45, 7) is 4.90. The molecule has 3 aliphatic rings. The maximum absolute atomic E-state index is 11.2. The molecule has 4 heterocycles. The molecule has 24 heavy (non-hydrogen) atoms. The van der Waals surface area contributed by atoms with Crippen molar-refractivity contribution in [2.75, 3.05) is 13.7 Å². The fraction of sp³-hybridized carbons (Fsp3) is 0.450. The van der Waals surface area contributed by atoms with Crippen molar-refractivity contribution in [2.45, 2.75) is 31.2 Å². The van der Waals surface area contributed by atoms with E-state index in [4.69, 9.17) is 4.74 Å². The number of rotatable bonds is 4. The highest BCUT2D eigenvalue weighted by Crippen LogP contribution is 2.44. The van der Waals surface area contributed by atoms with Crippen molar-refractivity contribution < 1.29 is 9.84 Å². The van der Waals surface area contributed by atoms with Crippen LogP contribution in [0.1, 0.15) is 24.5 Å². The quantitative estimate of drug-likeness (QED) is 0.878. The fourth-order valence-corrected chi connectivity index (χ4v) is 4.54. The standard InChI is InChI=1S/C20H24N2O2/c1-3-13-12-22-18(10-14(13)11-19(22)24-2)20(23)16-8-9-21-17-7-5-4-6-15(16)17/h3-9,13-14,18-20,23H,1,10-12H2,2H3/t13-,14+,18-,19?,20?/m0/s1. The first kappa shape index (κ1) is 15.8. The van der Waals surface area contributed by atoms with Crippen LogP contribution in [0.2, 0.25) is 0 Å². The molecule has 3 saturated heterocycles. The topological polar surface area (TPSA) is 45.6 Å². The third-order valence-corrected chi connectivity index (χ3v) is 5.81. The second-order valence-electron chi connectivity index (χ2n) is 6.95. The van der Waals surface area contributed by atoms with Gasteiger partial charge in [0.2, 0.25) is 0 Å². The molecule has 0 radical (unpaired) electrons. The van der Waals surface area contributed by atoms with Gasteiger partial charge < -0.3 is 9.84 Å². The number of pyridine rings is 1. The molecule has 2 aromatic rings. The molecule has 3 aliphatic heterocycles. The van der Waals surface area contributed by atoms with Crippen LogP contribution in [0.15, 0.2) is 49.2 Å². The van der Waals surface area contributed by atoms with E-state index in [0.29, 0.717) is 11.8 Å². The van der Waals surface area contributed by atoms with E-state index in [-0.39, 0.29) is 12.3 Å². The number of benzene rings is 1. The van der Waals surface area contributed by atoms with Crippen LogP contribution >= 0.6 is 0 Å². The Morgan fingerprint density at radius 1 is 1.33 bits per heavy atom. The lowest BCUT2D eigenvalue weighted by atomic mass is 9.72. The Hall–Kier alpha value is -1.75. The number of ether oxygens (including phenoxy) is 1. The van der Waals surface area contributed by atoms with Crippen LogP contribution in [0.5, 0.6) is 0 Å². The van der Waals surface area contributed by atoms with Gasteiger partial charge in [-0.2, -0.15) is 0 Å². The van der Waals surface area contributed by atoms with Gasteiger partial charge in [-0.3, -0.25) is 9.88 Å². The number of para-hydroxylation sites is 1. The van der Waals surface area contributed by atoms with E-state index in [1.54, 1.807) is 13.3 Å². The number of hydrogen-bond acceptors (Lipinski definition) is 4. The molecule has 3 fully saturated rings. The average Bonchev–Trinajstić information content (AvgIpc) is 2.66. The second kappa shape index (κ2) is 6.28. The highest BCUT2D eigenvalue weighted by atomic mass is 16.5. The molecule has 4 heteroatoms. The molecule has 1 aromatic heterocycles. The summed E-state index contributed by atoms with van der Waals surface area (Å²) < 4.78 is 5.69. The number of aromatic nitrogens is 1. The summed E-state index contributed by atoms with van der Waals surface area (Å²) in [6, 6.07) is 10.0. The molecule has 1 aromatic carbocycles. The highest BCUT2D eigenvalue weighted by molar-refractivity contribution is 5.82. The predicted octanol–water partition coefficient (Wildman–Crippen LogP) is 3.14. The van der Waals surface area contributed by atoms with Crippen LogP contribution in [0.25, 0.3) is 10.9 Å². The predicted molar refractivity (Wildman–Crippen MR) is 94.4 cm³/mol.